The number of benzene rings is 2. The summed E-state index contributed by atoms with van der Waals surface area (Å²) in [5.41, 5.74) is 2.40. The Bertz CT molecular complexity index is 868. The second-order valence-corrected chi connectivity index (χ2v) is 5.18. The first-order valence-electron chi connectivity index (χ1n) is 6.33. The van der Waals surface area contributed by atoms with Gasteiger partial charge in [0.1, 0.15) is 5.82 Å². The zero-order valence-corrected chi connectivity index (χ0v) is 12.0. The minimum Gasteiger partial charge on any atom is -0.268 e. The summed E-state index contributed by atoms with van der Waals surface area (Å²) in [4.78, 5) is 17.2. The molecule has 0 bridgehead atoms. The van der Waals surface area contributed by atoms with Crippen LogP contribution in [0, 0.1) is 13.8 Å². The Hall–Kier alpha value is -2.13. The Morgan fingerprint density at radius 3 is 2.65 bits per heavy atom. The van der Waals surface area contributed by atoms with Gasteiger partial charge in [-0.05, 0) is 43.7 Å². The van der Waals surface area contributed by atoms with Crippen molar-refractivity contribution >= 4 is 22.5 Å². The number of rotatable bonds is 1. The molecule has 0 aliphatic heterocycles. The smallest absolute Gasteiger partial charge is 0.265 e. The van der Waals surface area contributed by atoms with Gasteiger partial charge >= 0.3 is 0 Å². The van der Waals surface area contributed by atoms with Crippen molar-refractivity contribution in [2.45, 2.75) is 13.8 Å². The van der Waals surface area contributed by atoms with Gasteiger partial charge in [0.2, 0.25) is 0 Å². The third kappa shape index (κ3) is 2.00. The van der Waals surface area contributed by atoms with Crippen LogP contribution in [0.15, 0.2) is 47.3 Å². The van der Waals surface area contributed by atoms with E-state index in [9.17, 15) is 4.79 Å². The van der Waals surface area contributed by atoms with Crippen LogP contribution >= 0.6 is 11.6 Å². The van der Waals surface area contributed by atoms with E-state index in [0.717, 1.165) is 11.3 Å². The molecular weight excluding hydrogens is 272 g/mol. The van der Waals surface area contributed by atoms with Gasteiger partial charge in [-0.3, -0.25) is 9.36 Å². The van der Waals surface area contributed by atoms with Crippen molar-refractivity contribution in [2.24, 2.45) is 0 Å². The maximum Gasteiger partial charge on any atom is 0.265 e. The summed E-state index contributed by atoms with van der Waals surface area (Å²) in [5, 5.41) is 1.21. The Kier molecular flexibility index (Phi) is 3.07. The summed E-state index contributed by atoms with van der Waals surface area (Å²) in [6, 6.07) is 12.9. The lowest BCUT2D eigenvalue weighted by Gasteiger charge is -2.13. The van der Waals surface area contributed by atoms with E-state index in [2.05, 4.69) is 4.98 Å². The molecule has 0 aliphatic carbocycles. The zero-order valence-electron chi connectivity index (χ0n) is 11.2. The average Bonchev–Trinajstić information content (AvgIpc) is 2.42. The van der Waals surface area contributed by atoms with Crippen LogP contribution in [-0.4, -0.2) is 9.55 Å². The van der Waals surface area contributed by atoms with Gasteiger partial charge in [-0.2, -0.15) is 0 Å². The van der Waals surface area contributed by atoms with Crippen LogP contribution in [0.2, 0.25) is 5.02 Å². The van der Waals surface area contributed by atoms with E-state index >= 15 is 0 Å². The third-order valence-electron chi connectivity index (χ3n) is 3.36. The lowest BCUT2D eigenvalue weighted by Crippen LogP contribution is -2.22. The second-order valence-electron chi connectivity index (χ2n) is 4.75. The molecule has 3 nitrogen and oxygen atoms in total. The number of nitrogens with zero attached hydrogens (tertiary/aromatic N) is 2. The van der Waals surface area contributed by atoms with Gasteiger partial charge in [-0.15, -0.1) is 0 Å². The van der Waals surface area contributed by atoms with Crippen molar-refractivity contribution in [3.05, 3.63) is 69.2 Å². The standard InChI is InChI=1S/C16H13ClN2O/c1-10-7-8-12(17)9-15(10)19-11(2)18-14-6-4-3-5-13(14)16(19)20/h3-9H,1-2H3. The Labute approximate surface area is 121 Å². The monoisotopic (exact) mass is 284 g/mol. The Balaban J connectivity index is 2.42. The molecule has 0 fully saturated rings. The molecule has 0 N–H and O–H groups in total. The zero-order chi connectivity index (χ0) is 14.3. The van der Waals surface area contributed by atoms with Crippen molar-refractivity contribution in [3.8, 4) is 5.69 Å². The van der Waals surface area contributed by atoms with Gasteiger partial charge in [-0.25, -0.2) is 4.98 Å². The van der Waals surface area contributed by atoms with Crippen molar-refractivity contribution in [1.29, 1.82) is 0 Å². The number of aryl methyl sites for hydroxylation is 2. The molecule has 4 heteroatoms. The van der Waals surface area contributed by atoms with E-state index in [1.165, 1.54) is 0 Å². The van der Waals surface area contributed by atoms with Crippen molar-refractivity contribution in [2.75, 3.05) is 0 Å². The van der Waals surface area contributed by atoms with E-state index in [1.807, 2.05) is 44.2 Å². The SMILES string of the molecule is Cc1ccc(Cl)cc1-n1c(C)nc2ccccc2c1=O. The van der Waals surface area contributed by atoms with Gasteiger partial charge in [0.15, 0.2) is 0 Å². The molecule has 2 aromatic carbocycles. The highest BCUT2D eigenvalue weighted by atomic mass is 35.5. The van der Waals surface area contributed by atoms with Crippen molar-refractivity contribution < 1.29 is 0 Å². The Morgan fingerprint density at radius 1 is 1.10 bits per heavy atom. The number of aromatic nitrogens is 2. The van der Waals surface area contributed by atoms with Gasteiger partial charge < -0.3 is 0 Å². The van der Waals surface area contributed by atoms with Crippen molar-refractivity contribution in [3.63, 3.8) is 0 Å². The second kappa shape index (κ2) is 4.76. The highest BCUT2D eigenvalue weighted by Crippen LogP contribution is 2.20. The summed E-state index contributed by atoms with van der Waals surface area (Å²) < 4.78 is 1.61. The normalized spacial score (nSPS) is 10.9. The number of hydrogen-bond donors (Lipinski definition) is 0. The molecule has 0 spiro atoms. The molecule has 0 saturated carbocycles. The maximum atomic E-state index is 12.7. The fourth-order valence-electron chi connectivity index (χ4n) is 2.35. The minimum atomic E-state index is -0.0709. The number of para-hydroxylation sites is 1. The molecule has 0 radical (unpaired) electrons. The highest BCUT2D eigenvalue weighted by Gasteiger charge is 2.11. The molecule has 0 unspecified atom stereocenters. The molecule has 0 saturated heterocycles. The molecule has 3 aromatic rings. The maximum absolute atomic E-state index is 12.7. The largest absolute Gasteiger partial charge is 0.268 e. The van der Waals surface area contributed by atoms with Gasteiger partial charge in [0.05, 0.1) is 16.6 Å². The molecule has 0 amide bonds. The number of fused-ring (bicyclic) bond motifs is 1. The summed E-state index contributed by atoms with van der Waals surface area (Å²) in [6.45, 7) is 3.78. The van der Waals surface area contributed by atoms with Crippen molar-refractivity contribution in [1.82, 2.24) is 9.55 Å². The first-order valence-corrected chi connectivity index (χ1v) is 6.70. The number of hydrogen-bond acceptors (Lipinski definition) is 2. The first kappa shape index (κ1) is 12.9. The molecule has 0 atom stereocenters. The van der Waals surface area contributed by atoms with E-state index < -0.39 is 0 Å². The topological polar surface area (TPSA) is 34.9 Å². The Morgan fingerprint density at radius 2 is 1.85 bits per heavy atom. The quantitative estimate of drug-likeness (QED) is 0.683. The van der Waals surface area contributed by atoms with E-state index in [1.54, 1.807) is 16.7 Å². The molecule has 0 aliphatic rings. The van der Waals surface area contributed by atoms with E-state index in [4.69, 9.17) is 11.6 Å². The van der Waals surface area contributed by atoms with Gasteiger partial charge in [-0.1, -0.05) is 29.8 Å². The fraction of sp³-hybridized carbons (Fsp3) is 0.125. The van der Waals surface area contributed by atoms with Crippen LogP contribution in [0.5, 0.6) is 0 Å². The van der Waals surface area contributed by atoms with Crippen LogP contribution < -0.4 is 5.56 Å². The number of halogens is 1. The summed E-state index contributed by atoms with van der Waals surface area (Å²) in [6.07, 6.45) is 0. The fourth-order valence-corrected chi connectivity index (χ4v) is 2.52. The third-order valence-corrected chi connectivity index (χ3v) is 3.59. The average molecular weight is 285 g/mol. The lowest BCUT2D eigenvalue weighted by molar-refractivity contribution is 0.888. The molecular formula is C16H13ClN2O. The van der Waals surface area contributed by atoms with Crippen LogP contribution in [-0.2, 0) is 0 Å². The molecule has 3 rings (SSSR count). The van der Waals surface area contributed by atoms with Crippen LogP contribution in [0.3, 0.4) is 0 Å². The van der Waals surface area contributed by atoms with Crippen LogP contribution in [0.25, 0.3) is 16.6 Å². The molecule has 100 valence electrons. The predicted molar refractivity (Wildman–Crippen MR) is 81.8 cm³/mol. The van der Waals surface area contributed by atoms with Gasteiger partial charge in [0.25, 0.3) is 5.56 Å². The summed E-state index contributed by atoms with van der Waals surface area (Å²) >= 11 is 6.05. The molecule has 20 heavy (non-hydrogen) atoms. The van der Waals surface area contributed by atoms with Gasteiger partial charge in [0, 0.05) is 5.02 Å². The molecule has 1 aromatic heterocycles. The minimum absolute atomic E-state index is 0.0709. The predicted octanol–water partition coefficient (Wildman–Crippen LogP) is 3.66. The first-order chi connectivity index (χ1) is 9.58. The lowest BCUT2D eigenvalue weighted by atomic mass is 10.2. The van der Waals surface area contributed by atoms with Crippen LogP contribution in [0.4, 0.5) is 0 Å². The van der Waals surface area contributed by atoms with Crippen LogP contribution in [0.1, 0.15) is 11.4 Å². The van der Waals surface area contributed by atoms with E-state index in [-0.39, 0.29) is 5.56 Å². The highest BCUT2D eigenvalue weighted by molar-refractivity contribution is 6.30. The summed E-state index contributed by atoms with van der Waals surface area (Å²) in [7, 11) is 0. The molecule has 1 heterocycles. The summed E-state index contributed by atoms with van der Waals surface area (Å²) in [5.74, 6) is 0.652. The van der Waals surface area contributed by atoms with E-state index in [0.29, 0.717) is 21.7 Å².